The molecule has 0 N–H and O–H groups in total. The fourth-order valence-corrected chi connectivity index (χ4v) is 5.71. The van der Waals surface area contributed by atoms with Gasteiger partial charge in [-0.25, -0.2) is 0 Å². The van der Waals surface area contributed by atoms with Gasteiger partial charge in [0.1, 0.15) is 0 Å². The van der Waals surface area contributed by atoms with E-state index in [4.69, 9.17) is 0 Å². The van der Waals surface area contributed by atoms with Gasteiger partial charge in [-0.2, -0.15) is 0 Å². The number of para-hydroxylation sites is 1. The van der Waals surface area contributed by atoms with E-state index in [9.17, 15) is 4.79 Å². The number of aryl methyl sites for hydroxylation is 1. The smallest absolute Gasteiger partial charge is 0.256 e. The van der Waals surface area contributed by atoms with Crippen LogP contribution in [0, 0.1) is 0 Å². The number of hydrogen-bond acceptors (Lipinski definition) is 4. The average molecular weight is 433 g/mol. The number of amides is 1. The van der Waals surface area contributed by atoms with Crippen molar-refractivity contribution in [2.24, 2.45) is 0 Å². The highest BCUT2D eigenvalue weighted by Crippen LogP contribution is 2.33. The van der Waals surface area contributed by atoms with Crippen LogP contribution >= 0.6 is 0 Å². The number of benzene rings is 2. The van der Waals surface area contributed by atoms with Crippen molar-refractivity contribution in [3.8, 4) is 0 Å². The third kappa shape index (κ3) is 4.55. The predicted molar refractivity (Wildman–Crippen MR) is 130 cm³/mol. The summed E-state index contributed by atoms with van der Waals surface area (Å²) in [7, 11) is 2.26. The van der Waals surface area contributed by atoms with Crippen LogP contribution in [0.25, 0.3) is 0 Å². The summed E-state index contributed by atoms with van der Waals surface area (Å²) in [5, 5.41) is 0. The molecule has 1 amide bonds. The molecule has 5 heteroatoms. The van der Waals surface area contributed by atoms with Gasteiger partial charge in [0, 0.05) is 45.3 Å². The van der Waals surface area contributed by atoms with Gasteiger partial charge >= 0.3 is 0 Å². The molecule has 5 rings (SSSR count). The maximum Gasteiger partial charge on any atom is 0.256 e. The Balaban J connectivity index is 1.14. The lowest BCUT2D eigenvalue weighted by molar-refractivity contribution is 0.0718. The Hall–Kier alpha value is -2.37. The number of piperidine rings is 1. The molecule has 2 aromatic rings. The summed E-state index contributed by atoms with van der Waals surface area (Å²) in [4.78, 5) is 22.9. The fraction of sp³-hybridized carbons (Fsp3) is 0.519. The van der Waals surface area contributed by atoms with Crippen LogP contribution in [-0.4, -0.2) is 79.5 Å². The van der Waals surface area contributed by atoms with E-state index >= 15 is 0 Å². The fourth-order valence-electron chi connectivity index (χ4n) is 5.71. The van der Waals surface area contributed by atoms with Crippen LogP contribution in [0.5, 0.6) is 0 Å². The zero-order valence-electron chi connectivity index (χ0n) is 19.4. The third-order valence-electron chi connectivity index (χ3n) is 7.61. The number of carbonyl (C=O) groups excluding carboxylic acids is 1. The van der Waals surface area contributed by atoms with Crippen molar-refractivity contribution in [3.63, 3.8) is 0 Å². The normalized spacial score (nSPS) is 19.9. The SMILES string of the molecule is CN(Cc1ccccc1)C1CCN(CCN2CCN3CCCc4cccc(c43)C2=O)CC1. The van der Waals surface area contributed by atoms with Crippen LogP contribution in [0.4, 0.5) is 5.69 Å². The van der Waals surface area contributed by atoms with Gasteiger partial charge in [0.2, 0.25) is 0 Å². The third-order valence-corrected chi connectivity index (χ3v) is 7.61. The van der Waals surface area contributed by atoms with Crippen molar-refractivity contribution >= 4 is 11.6 Å². The van der Waals surface area contributed by atoms with Crippen LogP contribution < -0.4 is 4.90 Å². The number of hydrogen-bond donors (Lipinski definition) is 0. The van der Waals surface area contributed by atoms with Crippen LogP contribution in [0.1, 0.15) is 40.7 Å². The first-order chi connectivity index (χ1) is 15.7. The first kappa shape index (κ1) is 21.5. The Labute approximate surface area is 192 Å². The first-order valence-corrected chi connectivity index (χ1v) is 12.3. The van der Waals surface area contributed by atoms with Crippen molar-refractivity contribution in [1.82, 2.24) is 14.7 Å². The summed E-state index contributed by atoms with van der Waals surface area (Å²) < 4.78 is 0. The minimum atomic E-state index is 0.226. The number of nitrogens with zero attached hydrogens (tertiary/aromatic N) is 4. The summed E-state index contributed by atoms with van der Waals surface area (Å²) in [6, 6.07) is 17.7. The van der Waals surface area contributed by atoms with E-state index in [0.29, 0.717) is 6.04 Å². The number of rotatable bonds is 6. The van der Waals surface area contributed by atoms with Crippen LogP contribution in [0.2, 0.25) is 0 Å². The Morgan fingerprint density at radius 1 is 0.906 bits per heavy atom. The zero-order valence-corrected chi connectivity index (χ0v) is 19.4. The molecular formula is C27H36N4O. The molecular weight excluding hydrogens is 396 g/mol. The van der Waals surface area contributed by atoms with E-state index in [1.807, 2.05) is 6.07 Å². The molecule has 1 fully saturated rings. The van der Waals surface area contributed by atoms with Gasteiger partial charge in [-0.05, 0) is 63.0 Å². The van der Waals surface area contributed by atoms with Crippen molar-refractivity contribution in [1.29, 1.82) is 0 Å². The molecule has 32 heavy (non-hydrogen) atoms. The molecule has 1 saturated heterocycles. The van der Waals surface area contributed by atoms with Gasteiger partial charge in [-0.15, -0.1) is 0 Å². The lowest BCUT2D eigenvalue weighted by atomic mass is 9.97. The monoisotopic (exact) mass is 432 g/mol. The molecule has 0 spiro atoms. The van der Waals surface area contributed by atoms with Crippen molar-refractivity contribution < 1.29 is 4.79 Å². The number of anilines is 1. The molecule has 170 valence electrons. The molecule has 0 unspecified atom stereocenters. The highest BCUT2D eigenvalue weighted by molar-refractivity contribution is 6.01. The minimum Gasteiger partial charge on any atom is -0.369 e. The van der Waals surface area contributed by atoms with Crippen LogP contribution in [0.3, 0.4) is 0 Å². The Kier molecular flexibility index (Phi) is 6.47. The Bertz CT molecular complexity index is 923. The van der Waals surface area contributed by atoms with Crippen molar-refractivity contribution in [3.05, 3.63) is 65.2 Å². The molecule has 3 aliphatic rings. The quantitative estimate of drug-likeness (QED) is 0.699. The predicted octanol–water partition coefficient (Wildman–Crippen LogP) is 3.49. The summed E-state index contributed by atoms with van der Waals surface area (Å²) in [6.45, 7) is 7.96. The molecule has 3 heterocycles. The lowest BCUT2D eigenvalue weighted by Crippen LogP contribution is -2.46. The molecule has 0 saturated carbocycles. The van der Waals surface area contributed by atoms with E-state index in [2.05, 4.69) is 69.1 Å². The van der Waals surface area contributed by atoms with Crippen molar-refractivity contribution in [2.45, 2.75) is 38.3 Å². The van der Waals surface area contributed by atoms with E-state index in [1.54, 1.807) is 0 Å². The van der Waals surface area contributed by atoms with Gasteiger partial charge in [0.05, 0.1) is 11.3 Å². The number of carbonyl (C=O) groups is 1. The molecule has 0 radical (unpaired) electrons. The molecule has 0 atom stereocenters. The van der Waals surface area contributed by atoms with Gasteiger partial charge in [0.15, 0.2) is 0 Å². The largest absolute Gasteiger partial charge is 0.369 e. The summed E-state index contributed by atoms with van der Waals surface area (Å²) in [5.74, 6) is 0.226. The summed E-state index contributed by atoms with van der Waals surface area (Å²) in [6.07, 6.45) is 4.70. The molecule has 0 aliphatic carbocycles. The molecule has 2 aromatic carbocycles. The second-order valence-electron chi connectivity index (χ2n) is 9.67. The van der Waals surface area contributed by atoms with Gasteiger partial charge < -0.3 is 14.7 Å². The Morgan fingerprint density at radius 3 is 2.53 bits per heavy atom. The van der Waals surface area contributed by atoms with E-state index in [0.717, 1.165) is 64.3 Å². The number of likely N-dealkylation sites (tertiary alicyclic amines) is 1. The van der Waals surface area contributed by atoms with Gasteiger partial charge in [0.25, 0.3) is 5.91 Å². The summed E-state index contributed by atoms with van der Waals surface area (Å²) in [5.41, 5.74) is 4.87. The maximum absolute atomic E-state index is 13.3. The average Bonchev–Trinajstić information content (AvgIpc) is 2.97. The minimum absolute atomic E-state index is 0.226. The highest BCUT2D eigenvalue weighted by atomic mass is 16.2. The standard InChI is InChI=1S/C27H36N4O/c1-28(21-22-7-3-2-4-8-22)24-12-15-29(16-13-24)17-18-31-20-19-30-14-6-10-23-9-5-11-25(26(23)30)27(31)32/h2-5,7-9,11,24H,6,10,12-21H2,1H3. The zero-order chi connectivity index (χ0) is 21.9. The van der Waals surface area contributed by atoms with Gasteiger partial charge in [-0.3, -0.25) is 9.69 Å². The lowest BCUT2D eigenvalue weighted by Gasteiger charge is -2.37. The second-order valence-corrected chi connectivity index (χ2v) is 9.67. The van der Waals surface area contributed by atoms with Gasteiger partial charge in [-0.1, -0.05) is 42.5 Å². The molecule has 3 aliphatic heterocycles. The molecule has 0 bridgehead atoms. The molecule has 0 aromatic heterocycles. The van der Waals surface area contributed by atoms with E-state index < -0.39 is 0 Å². The topological polar surface area (TPSA) is 30.0 Å². The van der Waals surface area contributed by atoms with E-state index in [1.165, 1.54) is 36.1 Å². The maximum atomic E-state index is 13.3. The first-order valence-electron chi connectivity index (χ1n) is 12.3. The van der Waals surface area contributed by atoms with Crippen LogP contribution in [0.15, 0.2) is 48.5 Å². The summed E-state index contributed by atoms with van der Waals surface area (Å²) >= 11 is 0. The highest BCUT2D eigenvalue weighted by Gasteiger charge is 2.30. The van der Waals surface area contributed by atoms with E-state index in [-0.39, 0.29) is 5.91 Å². The molecule has 5 nitrogen and oxygen atoms in total. The van der Waals surface area contributed by atoms with Crippen LogP contribution in [-0.2, 0) is 13.0 Å². The second kappa shape index (κ2) is 9.63. The van der Waals surface area contributed by atoms with Crippen molar-refractivity contribution in [2.75, 3.05) is 57.8 Å². The Morgan fingerprint density at radius 2 is 1.72 bits per heavy atom.